The normalized spacial score (nSPS) is 9.73. The average molecular weight is 210 g/mol. The number of carbonyl (C=O) groups excluding carboxylic acids is 1. The van der Waals surface area contributed by atoms with Gasteiger partial charge in [-0.25, -0.2) is 0 Å². The molecule has 60 valence electrons. The van der Waals surface area contributed by atoms with Gasteiger partial charge in [0.05, 0.1) is 9.34 Å². The van der Waals surface area contributed by atoms with Crippen LogP contribution in [0.5, 0.6) is 0 Å². The molecule has 0 radical (unpaired) electrons. The highest BCUT2D eigenvalue weighted by atomic mass is 35.5. The zero-order chi connectivity index (χ0) is 8.43. The predicted octanol–water partition coefficient (Wildman–Crippen LogP) is 3.20. The Labute approximate surface area is 78.3 Å². The second-order valence-electron chi connectivity index (χ2n) is 1.89. The summed E-state index contributed by atoms with van der Waals surface area (Å²) < 4.78 is 0.643. The van der Waals surface area contributed by atoms with Gasteiger partial charge >= 0.3 is 5.37 Å². The molecule has 0 saturated carbocycles. The van der Waals surface area contributed by atoms with E-state index in [0.717, 1.165) is 5.00 Å². The SMILES string of the molecule is CN(C(=O)Cl)c1ccc(Cl)s1. The van der Waals surface area contributed by atoms with Crippen LogP contribution in [0, 0.1) is 0 Å². The summed E-state index contributed by atoms with van der Waals surface area (Å²) in [6.45, 7) is 0. The van der Waals surface area contributed by atoms with Crippen LogP contribution < -0.4 is 4.90 Å². The van der Waals surface area contributed by atoms with Gasteiger partial charge in [-0.15, -0.1) is 11.3 Å². The van der Waals surface area contributed by atoms with E-state index in [2.05, 4.69) is 0 Å². The third-order valence-electron chi connectivity index (χ3n) is 1.15. The van der Waals surface area contributed by atoms with E-state index in [1.807, 2.05) is 0 Å². The monoisotopic (exact) mass is 209 g/mol. The van der Waals surface area contributed by atoms with Gasteiger partial charge in [-0.2, -0.15) is 0 Å². The number of hydrogen-bond acceptors (Lipinski definition) is 2. The van der Waals surface area contributed by atoms with Gasteiger partial charge in [0.25, 0.3) is 0 Å². The molecule has 0 aliphatic carbocycles. The molecule has 0 unspecified atom stereocenters. The molecule has 0 aromatic carbocycles. The van der Waals surface area contributed by atoms with Crippen molar-refractivity contribution in [1.29, 1.82) is 0 Å². The maximum atomic E-state index is 10.6. The molecule has 0 N–H and O–H groups in total. The van der Waals surface area contributed by atoms with Crippen molar-refractivity contribution in [3.05, 3.63) is 16.5 Å². The first-order valence-electron chi connectivity index (χ1n) is 2.80. The van der Waals surface area contributed by atoms with E-state index in [1.54, 1.807) is 19.2 Å². The second kappa shape index (κ2) is 3.43. The van der Waals surface area contributed by atoms with Crippen LogP contribution in [-0.4, -0.2) is 12.4 Å². The molecule has 1 rings (SSSR count). The minimum atomic E-state index is -0.511. The Balaban J connectivity index is 2.84. The third kappa shape index (κ3) is 2.09. The average Bonchev–Trinajstić information content (AvgIpc) is 2.34. The number of rotatable bonds is 1. The van der Waals surface area contributed by atoms with Crippen molar-refractivity contribution < 1.29 is 4.79 Å². The van der Waals surface area contributed by atoms with Crippen molar-refractivity contribution in [1.82, 2.24) is 0 Å². The van der Waals surface area contributed by atoms with Crippen LogP contribution in [0.25, 0.3) is 0 Å². The van der Waals surface area contributed by atoms with E-state index in [9.17, 15) is 4.79 Å². The summed E-state index contributed by atoms with van der Waals surface area (Å²) in [5.41, 5.74) is 0. The van der Waals surface area contributed by atoms with Gasteiger partial charge in [0, 0.05) is 7.05 Å². The fourth-order valence-corrected chi connectivity index (χ4v) is 1.70. The minimum Gasteiger partial charge on any atom is -0.293 e. The van der Waals surface area contributed by atoms with Gasteiger partial charge in [-0.3, -0.25) is 9.69 Å². The molecule has 1 aromatic rings. The quantitative estimate of drug-likeness (QED) is 0.514. The molecule has 0 spiro atoms. The van der Waals surface area contributed by atoms with Crippen LogP contribution >= 0.6 is 34.5 Å². The molecule has 0 fully saturated rings. The number of amides is 1. The van der Waals surface area contributed by atoms with Gasteiger partial charge < -0.3 is 0 Å². The molecular formula is C6H5Cl2NOS. The lowest BCUT2D eigenvalue weighted by Crippen LogP contribution is -2.17. The number of anilines is 1. The lowest BCUT2D eigenvalue weighted by molar-refractivity contribution is 0.265. The molecular weight excluding hydrogens is 205 g/mol. The molecule has 2 nitrogen and oxygen atoms in total. The van der Waals surface area contributed by atoms with E-state index < -0.39 is 5.37 Å². The molecule has 1 amide bonds. The number of hydrogen-bond donors (Lipinski definition) is 0. The van der Waals surface area contributed by atoms with Crippen molar-refractivity contribution in [2.75, 3.05) is 11.9 Å². The first-order valence-corrected chi connectivity index (χ1v) is 4.37. The van der Waals surface area contributed by atoms with Crippen molar-refractivity contribution >= 4 is 44.9 Å². The number of carbonyl (C=O) groups is 1. The lowest BCUT2D eigenvalue weighted by atomic mass is 10.6. The fourth-order valence-electron chi connectivity index (χ4n) is 0.572. The smallest absolute Gasteiger partial charge is 0.293 e. The zero-order valence-electron chi connectivity index (χ0n) is 5.67. The van der Waals surface area contributed by atoms with Crippen LogP contribution in [0.15, 0.2) is 12.1 Å². The second-order valence-corrected chi connectivity index (χ2v) is 3.91. The number of halogens is 2. The fraction of sp³-hybridized carbons (Fsp3) is 0.167. The van der Waals surface area contributed by atoms with E-state index >= 15 is 0 Å². The lowest BCUT2D eigenvalue weighted by Gasteiger charge is -2.08. The van der Waals surface area contributed by atoms with Gasteiger partial charge in [0.2, 0.25) is 0 Å². The maximum Gasteiger partial charge on any atom is 0.321 e. The summed E-state index contributed by atoms with van der Waals surface area (Å²) in [6, 6.07) is 3.46. The van der Waals surface area contributed by atoms with Crippen LogP contribution in [0.3, 0.4) is 0 Å². The molecule has 0 atom stereocenters. The van der Waals surface area contributed by atoms with E-state index in [1.165, 1.54) is 16.2 Å². The van der Waals surface area contributed by atoms with E-state index in [4.69, 9.17) is 23.2 Å². The zero-order valence-corrected chi connectivity index (χ0v) is 8.00. The highest BCUT2D eigenvalue weighted by Gasteiger charge is 2.08. The summed E-state index contributed by atoms with van der Waals surface area (Å²) in [6.07, 6.45) is 0. The van der Waals surface area contributed by atoms with Gasteiger partial charge in [-0.05, 0) is 23.7 Å². The first kappa shape index (κ1) is 8.84. The van der Waals surface area contributed by atoms with E-state index in [-0.39, 0.29) is 0 Å². The Morgan fingerprint density at radius 2 is 2.27 bits per heavy atom. The Morgan fingerprint density at radius 1 is 1.64 bits per heavy atom. The Kier molecular flexibility index (Phi) is 2.76. The van der Waals surface area contributed by atoms with Crippen molar-refractivity contribution in [2.24, 2.45) is 0 Å². The van der Waals surface area contributed by atoms with Crippen LogP contribution in [-0.2, 0) is 0 Å². The van der Waals surface area contributed by atoms with Gasteiger partial charge in [0.1, 0.15) is 0 Å². The van der Waals surface area contributed by atoms with Crippen molar-refractivity contribution in [3.8, 4) is 0 Å². The van der Waals surface area contributed by atoms with Gasteiger partial charge in [0.15, 0.2) is 0 Å². The third-order valence-corrected chi connectivity index (χ3v) is 2.71. The van der Waals surface area contributed by atoms with Gasteiger partial charge in [-0.1, -0.05) is 11.6 Å². The summed E-state index contributed by atoms with van der Waals surface area (Å²) >= 11 is 12.2. The molecule has 11 heavy (non-hydrogen) atoms. The Bertz CT molecular complexity index is 273. The summed E-state index contributed by atoms with van der Waals surface area (Å²) in [7, 11) is 1.59. The number of nitrogens with zero attached hydrogens (tertiary/aromatic N) is 1. The highest BCUT2D eigenvalue weighted by Crippen LogP contribution is 2.29. The van der Waals surface area contributed by atoms with E-state index in [0.29, 0.717) is 4.34 Å². The molecule has 0 saturated heterocycles. The number of thiophene rings is 1. The van der Waals surface area contributed by atoms with Crippen molar-refractivity contribution in [3.63, 3.8) is 0 Å². The predicted molar refractivity (Wildman–Crippen MR) is 49.0 cm³/mol. The topological polar surface area (TPSA) is 20.3 Å². The highest BCUT2D eigenvalue weighted by molar-refractivity contribution is 7.20. The first-order chi connectivity index (χ1) is 5.11. The summed E-state index contributed by atoms with van der Waals surface area (Å²) in [5.74, 6) is 0. The molecule has 0 bridgehead atoms. The molecule has 0 aliphatic rings. The van der Waals surface area contributed by atoms with Crippen molar-refractivity contribution in [2.45, 2.75) is 0 Å². The Morgan fingerprint density at radius 3 is 2.64 bits per heavy atom. The molecule has 0 aliphatic heterocycles. The largest absolute Gasteiger partial charge is 0.321 e. The Hall–Kier alpha value is -0.250. The van der Waals surface area contributed by atoms with Crippen LogP contribution in [0.4, 0.5) is 9.80 Å². The molecule has 5 heteroatoms. The van der Waals surface area contributed by atoms with Crippen LogP contribution in [0.2, 0.25) is 4.34 Å². The summed E-state index contributed by atoms with van der Waals surface area (Å²) in [4.78, 5) is 11.9. The van der Waals surface area contributed by atoms with Crippen LogP contribution in [0.1, 0.15) is 0 Å². The summed E-state index contributed by atoms with van der Waals surface area (Å²) in [5, 5.41) is 0.235. The standard InChI is InChI=1S/C6H5Cl2NOS/c1-9(6(8)10)5-3-2-4(7)11-5/h2-3H,1H3. The molecule has 1 heterocycles. The maximum absolute atomic E-state index is 10.6. The molecule has 1 aromatic heterocycles. The minimum absolute atomic E-state index is 0.511.